The maximum Gasteiger partial charge on any atom is 0.288 e. The maximum absolute atomic E-state index is 11.4. The minimum Gasteiger partial charge on any atom is -0.438 e. The van der Waals surface area contributed by atoms with Crippen molar-refractivity contribution in [2.45, 2.75) is 19.8 Å². The molecule has 78 valence electrons. The van der Waals surface area contributed by atoms with Crippen LogP contribution in [-0.4, -0.2) is 24.0 Å². The van der Waals surface area contributed by atoms with Gasteiger partial charge in [0.25, 0.3) is 5.91 Å². The summed E-state index contributed by atoms with van der Waals surface area (Å²) in [6.45, 7) is 3.01. The number of amides is 1. The van der Waals surface area contributed by atoms with Gasteiger partial charge in [-0.15, -0.1) is 0 Å². The number of oxazole rings is 1. The summed E-state index contributed by atoms with van der Waals surface area (Å²) in [5, 5.41) is 2.73. The highest BCUT2D eigenvalue weighted by Crippen LogP contribution is 2.03. The lowest BCUT2D eigenvalue weighted by atomic mass is 10.3. The molecule has 0 aliphatic rings. The number of nitrogens with zero attached hydrogens (tertiary/aromatic N) is 1. The number of aryl methyl sites for hydroxylation is 1. The standard InChI is InChI=1S/C9H15N3O2/c1-7-8(14-6-12-7)9(13)11-5-3-2-4-10/h6H,2-5,10H2,1H3,(H,11,13). The second kappa shape index (κ2) is 5.39. The van der Waals surface area contributed by atoms with Crippen LogP contribution in [0.5, 0.6) is 0 Å². The van der Waals surface area contributed by atoms with Crippen LogP contribution in [0.4, 0.5) is 0 Å². The average molecular weight is 197 g/mol. The smallest absolute Gasteiger partial charge is 0.288 e. The van der Waals surface area contributed by atoms with Crippen LogP contribution in [-0.2, 0) is 0 Å². The second-order valence-electron chi connectivity index (χ2n) is 3.02. The summed E-state index contributed by atoms with van der Waals surface area (Å²) in [5.74, 6) is 0.0785. The van der Waals surface area contributed by atoms with Gasteiger partial charge in [-0.1, -0.05) is 0 Å². The molecule has 0 aliphatic heterocycles. The minimum atomic E-state index is -0.211. The van der Waals surface area contributed by atoms with Gasteiger partial charge in [0.1, 0.15) is 0 Å². The number of nitrogens with one attached hydrogen (secondary N) is 1. The molecule has 0 atom stereocenters. The topological polar surface area (TPSA) is 81.2 Å². The third-order valence-corrected chi connectivity index (χ3v) is 1.87. The molecule has 0 aliphatic carbocycles. The van der Waals surface area contributed by atoms with Crippen molar-refractivity contribution in [3.8, 4) is 0 Å². The molecule has 0 fully saturated rings. The Hall–Kier alpha value is -1.36. The predicted molar refractivity (Wildman–Crippen MR) is 51.9 cm³/mol. The van der Waals surface area contributed by atoms with Crippen LogP contribution in [0.1, 0.15) is 29.1 Å². The summed E-state index contributed by atoms with van der Waals surface area (Å²) in [6, 6.07) is 0. The number of carbonyl (C=O) groups is 1. The molecule has 3 N–H and O–H groups in total. The zero-order chi connectivity index (χ0) is 10.4. The molecular formula is C9H15N3O2. The van der Waals surface area contributed by atoms with E-state index in [4.69, 9.17) is 10.2 Å². The third kappa shape index (κ3) is 2.85. The maximum atomic E-state index is 11.4. The van der Waals surface area contributed by atoms with Gasteiger partial charge in [0.05, 0.1) is 5.69 Å². The Morgan fingerprint density at radius 3 is 3.00 bits per heavy atom. The summed E-state index contributed by atoms with van der Waals surface area (Å²) in [6.07, 6.45) is 3.06. The average Bonchev–Trinajstić information content (AvgIpc) is 2.59. The summed E-state index contributed by atoms with van der Waals surface area (Å²) >= 11 is 0. The zero-order valence-electron chi connectivity index (χ0n) is 8.25. The van der Waals surface area contributed by atoms with Gasteiger partial charge in [-0.05, 0) is 26.3 Å². The van der Waals surface area contributed by atoms with Gasteiger partial charge in [-0.25, -0.2) is 4.98 Å². The number of unbranched alkanes of at least 4 members (excludes halogenated alkanes) is 1. The van der Waals surface area contributed by atoms with Crippen molar-refractivity contribution >= 4 is 5.91 Å². The summed E-state index contributed by atoms with van der Waals surface area (Å²) in [7, 11) is 0. The van der Waals surface area contributed by atoms with Crippen molar-refractivity contribution in [3.63, 3.8) is 0 Å². The van der Waals surface area contributed by atoms with E-state index < -0.39 is 0 Å². The first-order chi connectivity index (χ1) is 6.75. The van der Waals surface area contributed by atoms with E-state index >= 15 is 0 Å². The lowest BCUT2D eigenvalue weighted by Gasteiger charge is -2.01. The number of hydrogen-bond acceptors (Lipinski definition) is 4. The van der Waals surface area contributed by atoms with Crippen LogP contribution in [0.15, 0.2) is 10.8 Å². The summed E-state index contributed by atoms with van der Waals surface area (Å²) in [5.41, 5.74) is 5.94. The second-order valence-corrected chi connectivity index (χ2v) is 3.02. The minimum absolute atomic E-state index is 0.211. The highest BCUT2D eigenvalue weighted by atomic mass is 16.3. The molecule has 1 aromatic heterocycles. The molecule has 14 heavy (non-hydrogen) atoms. The van der Waals surface area contributed by atoms with Gasteiger partial charge in [-0.2, -0.15) is 0 Å². The molecule has 5 heteroatoms. The Labute approximate surface area is 82.7 Å². The van der Waals surface area contributed by atoms with Crippen LogP contribution in [0.3, 0.4) is 0 Å². The van der Waals surface area contributed by atoms with Crippen LogP contribution >= 0.6 is 0 Å². The fraction of sp³-hybridized carbons (Fsp3) is 0.556. The van der Waals surface area contributed by atoms with Gasteiger partial charge in [0, 0.05) is 6.54 Å². The molecule has 0 bridgehead atoms. The Balaban J connectivity index is 2.32. The largest absolute Gasteiger partial charge is 0.438 e. The van der Waals surface area contributed by atoms with Gasteiger partial charge in [0.15, 0.2) is 6.39 Å². The van der Waals surface area contributed by atoms with Gasteiger partial charge < -0.3 is 15.5 Å². The first-order valence-electron chi connectivity index (χ1n) is 4.64. The number of hydrogen-bond donors (Lipinski definition) is 2. The van der Waals surface area contributed by atoms with Crippen molar-refractivity contribution in [3.05, 3.63) is 17.8 Å². The normalized spacial score (nSPS) is 10.1. The molecule has 1 rings (SSSR count). The van der Waals surface area contributed by atoms with E-state index in [0.29, 0.717) is 18.8 Å². The third-order valence-electron chi connectivity index (χ3n) is 1.87. The van der Waals surface area contributed by atoms with Crippen LogP contribution in [0.2, 0.25) is 0 Å². The lowest BCUT2D eigenvalue weighted by Crippen LogP contribution is -2.25. The van der Waals surface area contributed by atoms with Gasteiger partial charge in [-0.3, -0.25) is 4.79 Å². The number of rotatable bonds is 5. The van der Waals surface area contributed by atoms with E-state index in [9.17, 15) is 4.79 Å². The monoisotopic (exact) mass is 197 g/mol. The van der Waals surface area contributed by atoms with E-state index in [0.717, 1.165) is 12.8 Å². The SMILES string of the molecule is Cc1ncoc1C(=O)NCCCCN. The molecule has 0 unspecified atom stereocenters. The van der Waals surface area contributed by atoms with E-state index in [1.54, 1.807) is 6.92 Å². The first kappa shape index (κ1) is 10.7. The van der Waals surface area contributed by atoms with Crippen molar-refractivity contribution < 1.29 is 9.21 Å². The van der Waals surface area contributed by atoms with Gasteiger partial charge >= 0.3 is 0 Å². The predicted octanol–water partition coefficient (Wildman–Crippen LogP) is 0.452. The number of nitrogens with two attached hydrogens (primary N) is 1. The molecule has 5 nitrogen and oxygen atoms in total. The van der Waals surface area contributed by atoms with Crippen molar-refractivity contribution in [2.75, 3.05) is 13.1 Å². The molecule has 1 aromatic rings. The van der Waals surface area contributed by atoms with Crippen molar-refractivity contribution in [2.24, 2.45) is 5.73 Å². The van der Waals surface area contributed by atoms with E-state index in [1.165, 1.54) is 6.39 Å². The first-order valence-corrected chi connectivity index (χ1v) is 4.64. The molecule has 1 heterocycles. The molecule has 0 aromatic carbocycles. The van der Waals surface area contributed by atoms with Crippen molar-refractivity contribution in [1.82, 2.24) is 10.3 Å². The Morgan fingerprint density at radius 2 is 2.43 bits per heavy atom. The van der Waals surface area contributed by atoms with Crippen molar-refractivity contribution in [1.29, 1.82) is 0 Å². The zero-order valence-corrected chi connectivity index (χ0v) is 8.25. The van der Waals surface area contributed by atoms with Gasteiger partial charge in [0.2, 0.25) is 5.76 Å². The summed E-state index contributed by atoms with van der Waals surface area (Å²) < 4.78 is 4.94. The Bertz CT molecular complexity index is 296. The Kier molecular flexibility index (Phi) is 4.12. The van der Waals surface area contributed by atoms with E-state index in [1.807, 2.05) is 0 Å². The van der Waals surface area contributed by atoms with E-state index in [-0.39, 0.29) is 11.7 Å². The quantitative estimate of drug-likeness (QED) is 0.671. The van der Waals surface area contributed by atoms with Crippen LogP contribution in [0, 0.1) is 6.92 Å². The molecule has 0 radical (unpaired) electrons. The van der Waals surface area contributed by atoms with Crippen LogP contribution < -0.4 is 11.1 Å². The molecule has 1 amide bonds. The lowest BCUT2D eigenvalue weighted by molar-refractivity contribution is 0.0924. The summed E-state index contributed by atoms with van der Waals surface area (Å²) in [4.78, 5) is 15.2. The molecular weight excluding hydrogens is 182 g/mol. The Morgan fingerprint density at radius 1 is 1.64 bits per heavy atom. The van der Waals surface area contributed by atoms with E-state index in [2.05, 4.69) is 10.3 Å². The molecule has 0 spiro atoms. The molecule has 0 saturated heterocycles. The highest BCUT2D eigenvalue weighted by molar-refractivity contribution is 5.92. The number of aromatic nitrogens is 1. The highest BCUT2D eigenvalue weighted by Gasteiger charge is 2.12. The fourth-order valence-electron chi connectivity index (χ4n) is 1.07. The van der Waals surface area contributed by atoms with Crippen LogP contribution in [0.25, 0.3) is 0 Å². The number of carbonyl (C=O) groups excluding carboxylic acids is 1. The fourth-order valence-corrected chi connectivity index (χ4v) is 1.07. The molecule has 0 saturated carbocycles.